The number of esters is 2. The summed E-state index contributed by atoms with van der Waals surface area (Å²) < 4.78 is 15.8. The average molecular weight is 631 g/mol. The monoisotopic (exact) mass is 630 g/mol. The second-order valence-corrected chi connectivity index (χ2v) is 11.5. The van der Waals surface area contributed by atoms with Gasteiger partial charge in [0.15, 0.2) is 0 Å². The van der Waals surface area contributed by atoms with Crippen LogP contribution >= 0.6 is 0 Å². The van der Waals surface area contributed by atoms with E-state index in [-0.39, 0.29) is 49.8 Å². The van der Waals surface area contributed by atoms with Gasteiger partial charge in [-0.05, 0) is 74.9 Å². The molecular weight excluding hydrogens is 592 g/mol. The third-order valence-corrected chi connectivity index (χ3v) is 6.03. The minimum absolute atomic E-state index is 0.0300. The van der Waals surface area contributed by atoms with Crippen LogP contribution in [0.25, 0.3) is 0 Å². The standard InChI is InChI=1S/C30H38N4O11/c1-19(2)16-25(32-29(38)45-30(3,4)5)27(36)31-24(28(37)44-18-21-8-12-23(13-9-21)34(41)42)14-15-26(35)43-17-20-6-10-22(11-7-20)33(39)40/h6-13,19,24-25H,14-18H2,1-5H3,(H,31,36)(H,32,38)/t24-,25+/m0/s1. The first-order valence-electron chi connectivity index (χ1n) is 14.1. The molecule has 0 fully saturated rings. The van der Waals surface area contributed by atoms with Gasteiger partial charge in [-0.25, -0.2) is 9.59 Å². The number of benzene rings is 2. The summed E-state index contributed by atoms with van der Waals surface area (Å²) in [5, 5.41) is 26.8. The van der Waals surface area contributed by atoms with Crippen molar-refractivity contribution in [3.8, 4) is 0 Å². The minimum Gasteiger partial charge on any atom is -0.461 e. The van der Waals surface area contributed by atoms with Crippen LogP contribution in [0, 0.1) is 26.1 Å². The summed E-state index contributed by atoms with van der Waals surface area (Å²) in [7, 11) is 0. The molecule has 0 bridgehead atoms. The fourth-order valence-corrected chi connectivity index (χ4v) is 3.86. The van der Waals surface area contributed by atoms with Gasteiger partial charge in [0.05, 0.1) is 9.85 Å². The van der Waals surface area contributed by atoms with E-state index in [4.69, 9.17) is 14.2 Å². The molecule has 0 aromatic heterocycles. The first kappa shape index (κ1) is 36.1. The Kier molecular flexibility index (Phi) is 13.4. The van der Waals surface area contributed by atoms with Crippen molar-refractivity contribution in [1.82, 2.24) is 10.6 Å². The second kappa shape index (κ2) is 16.7. The molecule has 0 aliphatic rings. The van der Waals surface area contributed by atoms with Crippen molar-refractivity contribution in [2.75, 3.05) is 0 Å². The van der Waals surface area contributed by atoms with Crippen molar-refractivity contribution in [1.29, 1.82) is 0 Å². The van der Waals surface area contributed by atoms with Crippen LogP contribution in [-0.2, 0) is 41.8 Å². The Bertz CT molecular complexity index is 1350. The van der Waals surface area contributed by atoms with Gasteiger partial charge in [-0.3, -0.25) is 29.8 Å². The fraction of sp³-hybridized carbons (Fsp3) is 0.467. The molecule has 2 aromatic carbocycles. The molecule has 0 unspecified atom stereocenters. The van der Waals surface area contributed by atoms with Crippen LogP contribution in [-0.4, -0.2) is 51.5 Å². The molecule has 2 aromatic rings. The molecule has 0 spiro atoms. The molecule has 0 heterocycles. The number of nitro benzene ring substituents is 2. The highest BCUT2D eigenvalue weighted by Gasteiger charge is 2.30. The number of non-ortho nitro benzene ring substituents is 2. The number of nitrogens with zero attached hydrogens (tertiary/aromatic N) is 2. The number of carbonyl (C=O) groups excluding carboxylic acids is 4. The van der Waals surface area contributed by atoms with Crippen molar-refractivity contribution >= 4 is 35.3 Å². The fourth-order valence-electron chi connectivity index (χ4n) is 3.86. The molecule has 0 radical (unpaired) electrons. The van der Waals surface area contributed by atoms with E-state index in [1.54, 1.807) is 20.8 Å². The van der Waals surface area contributed by atoms with E-state index in [9.17, 15) is 39.4 Å². The van der Waals surface area contributed by atoms with E-state index in [0.717, 1.165) is 0 Å². The van der Waals surface area contributed by atoms with E-state index >= 15 is 0 Å². The summed E-state index contributed by atoms with van der Waals surface area (Å²) in [6.07, 6.45) is -1.13. The van der Waals surface area contributed by atoms with Crippen LogP contribution in [0.15, 0.2) is 48.5 Å². The molecular formula is C30H38N4O11. The van der Waals surface area contributed by atoms with Gasteiger partial charge >= 0.3 is 18.0 Å². The van der Waals surface area contributed by atoms with E-state index in [1.165, 1.54) is 48.5 Å². The number of carbonyl (C=O) groups is 4. The van der Waals surface area contributed by atoms with Gasteiger partial charge in [0.2, 0.25) is 5.91 Å². The zero-order chi connectivity index (χ0) is 33.7. The third kappa shape index (κ3) is 13.4. The van der Waals surface area contributed by atoms with E-state index < -0.39 is 51.5 Å². The van der Waals surface area contributed by atoms with Gasteiger partial charge in [0.25, 0.3) is 11.4 Å². The first-order valence-corrected chi connectivity index (χ1v) is 14.1. The lowest BCUT2D eigenvalue weighted by Crippen LogP contribution is -2.53. The third-order valence-electron chi connectivity index (χ3n) is 6.03. The molecule has 15 nitrogen and oxygen atoms in total. The van der Waals surface area contributed by atoms with Crippen LogP contribution in [0.2, 0.25) is 0 Å². The number of alkyl carbamates (subject to hydrolysis) is 1. The Balaban J connectivity index is 2.12. The zero-order valence-corrected chi connectivity index (χ0v) is 25.8. The van der Waals surface area contributed by atoms with Crippen LogP contribution in [0.5, 0.6) is 0 Å². The molecule has 2 N–H and O–H groups in total. The molecule has 0 aliphatic carbocycles. The highest BCUT2D eigenvalue weighted by Crippen LogP contribution is 2.16. The molecule has 15 heteroatoms. The minimum atomic E-state index is -1.32. The lowest BCUT2D eigenvalue weighted by Gasteiger charge is -2.25. The quantitative estimate of drug-likeness (QED) is 0.121. The predicted octanol–water partition coefficient (Wildman–Crippen LogP) is 4.49. The number of hydrogen-bond donors (Lipinski definition) is 2. The Labute approximate surface area is 259 Å². The topological polar surface area (TPSA) is 206 Å². The molecule has 0 aliphatic heterocycles. The van der Waals surface area contributed by atoms with Gasteiger partial charge < -0.3 is 24.8 Å². The first-order chi connectivity index (χ1) is 21.0. The van der Waals surface area contributed by atoms with E-state index in [2.05, 4.69) is 10.6 Å². The summed E-state index contributed by atoms with van der Waals surface area (Å²) >= 11 is 0. The molecule has 244 valence electrons. The maximum atomic E-state index is 13.3. The number of amides is 2. The molecule has 2 amide bonds. The molecule has 0 saturated carbocycles. The number of ether oxygens (including phenoxy) is 3. The normalized spacial score (nSPS) is 12.4. The lowest BCUT2D eigenvalue weighted by atomic mass is 10.0. The lowest BCUT2D eigenvalue weighted by molar-refractivity contribution is -0.385. The number of nitrogens with one attached hydrogen (secondary N) is 2. The maximum Gasteiger partial charge on any atom is 0.408 e. The van der Waals surface area contributed by atoms with Gasteiger partial charge in [-0.15, -0.1) is 0 Å². The Morgan fingerprint density at radius 1 is 0.778 bits per heavy atom. The number of hydrogen-bond acceptors (Lipinski definition) is 11. The van der Waals surface area contributed by atoms with Crippen LogP contribution < -0.4 is 10.6 Å². The van der Waals surface area contributed by atoms with Crippen molar-refractivity contribution in [3.63, 3.8) is 0 Å². The Morgan fingerprint density at radius 3 is 1.71 bits per heavy atom. The van der Waals surface area contributed by atoms with Gasteiger partial charge in [-0.1, -0.05) is 13.8 Å². The van der Waals surface area contributed by atoms with Crippen molar-refractivity contribution in [2.24, 2.45) is 5.92 Å². The highest BCUT2D eigenvalue weighted by molar-refractivity contribution is 5.90. The van der Waals surface area contributed by atoms with E-state index in [1.807, 2.05) is 13.8 Å². The predicted molar refractivity (Wildman–Crippen MR) is 160 cm³/mol. The number of rotatable bonds is 15. The number of nitro groups is 2. The van der Waals surface area contributed by atoms with Crippen molar-refractivity contribution in [3.05, 3.63) is 79.9 Å². The smallest absolute Gasteiger partial charge is 0.408 e. The SMILES string of the molecule is CC(C)C[C@@H](NC(=O)OC(C)(C)C)C(=O)N[C@@H](CCC(=O)OCc1ccc([N+](=O)[O-])cc1)C(=O)OCc1ccc([N+](=O)[O-])cc1. The molecule has 0 saturated heterocycles. The summed E-state index contributed by atoms with van der Waals surface area (Å²) in [6.45, 7) is 8.25. The van der Waals surface area contributed by atoms with Crippen LogP contribution in [0.4, 0.5) is 16.2 Å². The highest BCUT2D eigenvalue weighted by atomic mass is 16.6. The van der Waals surface area contributed by atoms with Crippen molar-refractivity contribution < 1.29 is 43.2 Å². The van der Waals surface area contributed by atoms with Crippen molar-refractivity contribution in [2.45, 2.75) is 84.8 Å². The largest absolute Gasteiger partial charge is 0.461 e. The summed E-state index contributed by atoms with van der Waals surface area (Å²) in [4.78, 5) is 71.9. The summed E-state index contributed by atoms with van der Waals surface area (Å²) in [5.41, 5.74) is -0.122. The average Bonchev–Trinajstić information content (AvgIpc) is 2.95. The molecule has 2 rings (SSSR count). The Morgan fingerprint density at radius 2 is 1.27 bits per heavy atom. The Hall–Kier alpha value is -5.08. The molecule has 2 atom stereocenters. The summed E-state index contributed by atoms with van der Waals surface area (Å²) in [6, 6.07) is 8.37. The van der Waals surface area contributed by atoms with Gasteiger partial charge in [0, 0.05) is 30.7 Å². The van der Waals surface area contributed by atoms with Crippen LogP contribution in [0.3, 0.4) is 0 Å². The van der Waals surface area contributed by atoms with Gasteiger partial charge in [-0.2, -0.15) is 0 Å². The maximum absolute atomic E-state index is 13.3. The van der Waals surface area contributed by atoms with E-state index in [0.29, 0.717) is 11.1 Å². The molecule has 45 heavy (non-hydrogen) atoms. The second-order valence-electron chi connectivity index (χ2n) is 11.5. The van der Waals surface area contributed by atoms with Crippen LogP contribution in [0.1, 0.15) is 65.0 Å². The van der Waals surface area contributed by atoms with Gasteiger partial charge in [0.1, 0.15) is 30.9 Å². The summed E-state index contributed by atoms with van der Waals surface area (Å²) in [5.74, 6) is -2.32. The zero-order valence-electron chi connectivity index (χ0n) is 25.8.